The zero-order valence-electron chi connectivity index (χ0n) is 8.42. The molecule has 14 heavy (non-hydrogen) atoms. The van der Waals surface area contributed by atoms with E-state index in [1.807, 2.05) is 18.2 Å². The summed E-state index contributed by atoms with van der Waals surface area (Å²) in [5.41, 5.74) is 3.36. The molecule has 0 aliphatic carbocycles. The molecule has 0 saturated heterocycles. The average molecular weight is 190 g/mol. The van der Waals surface area contributed by atoms with E-state index in [1.165, 1.54) is 18.2 Å². The lowest BCUT2D eigenvalue weighted by Crippen LogP contribution is -2.05. The molecular formula is C11H14N2O. The van der Waals surface area contributed by atoms with Crippen molar-refractivity contribution in [2.45, 2.75) is 19.8 Å². The van der Waals surface area contributed by atoms with Gasteiger partial charge in [-0.1, -0.05) is 6.92 Å². The van der Waals surface area contributed by atoms with Crippen LogP contribution >= 0.6 is 0 Å². The van der Waals surface area contributed by atoms with Gasteiger partial charge in [-0.25, -0.2) is 0 Å². The van der Waals surface area contributed by atoms with E-state index in [1.54, 1.807) is 0 Å². The largest absolute Gasteiger partial charge is 0.384 e. The van der Waals surface area contributed by atoms with Crippen LogP contribution in [0, 0.1) is 0 Å². The Labute approximate surface area is 83.5 Å². The second-order valence-corrected chi connectivity index (χ2v) is 3.77. The summed E-state index contributed by atoms with van der Waals surface area (Å²) in [6.07, 6.45) is 0. The number of hydrogen-bond acceptors (Lipinski definition) is 2. The Bertz CT molecular complexity index is 374. The van der Waals surface area contributed by atoms with Crippen molar-refractivity contribution < 1.29 is 4.79 Å². The highest BCUT2D eigenvalue weighted by molar-refractivity contribution is 5.89. The highest BCUT2D eigenvalue weighted by Crippen LogP contribution is 2.32. The number of anilines is 2. The number of carbonyl (C=O) groups excluding carboxylic acids is 1. The molecule has 1 unspecified atom stereocenters. The molecule has 3 nitrogen and oxygen atoms in total. The van der Waals surface area contributed by atoms with Crippen molar-refractivity contribution in [2.75, 3.05) is 17.2 Å². The van der Waals surface area contributed by atoms with Crippen LogP contribution in [-0.2, 0) is 4.79 Å². The van der Waals surface area contributed by atoms with Gasteiger partial charge >= 0.3 is 0 Å². The fourth-order valence-electron chi connectivity index (χ4n) is 1.79. The number of carbonyl (C=O) groups is 1. The molecule has 1 atom stereocenters. The van der Waals surface area contributed by atoms with Gasteiger partial charge in [-0.2, -0.15) is 0 Å². The lowest BCUT2D eigenvalue weighted by Gasteiger charge is -2.06. The van der Waals surface area contributed by atoms with Crippen LogP contribution in [0.5, 0.6) is 0 Å². The van der Waals surface area contributed by atoms with Crippen molar-refractivity contribution in [2.24, 2.45) is 0 Å². The summed E-state index contributed by atoms with van der Waals surface area (Å²) in [6.45, 7) is 4.68. The van der Waals surface area contributed by atoms with Crippen LogP contribution in [0.25, 0.3) is 0 Å². The number of benzene rings is 1. The van der Waals surface area contributed by atoms with Crippen molar-refractivity contribution in [3.63, 3.8) is 0 Å². The second kappa shape index (κ2) is 3.33. The Balaban J connectivity index is 2.30. The smallest absolute Gasteiger partial charge is 0.221 e. The predicted molar refractivity (Wildman–Crippen MR) is 57.7 cm³/mol. The molecule has 1 aromatic rings. The average Bonchev–Trinajstić information content (AvgIpc) is 2.47. The first-order valence-electron chi connectivity index (χ1n) is 4.82. The van der Waals surface area contributed by atoms with Crippen LogP contribution < -0.4 is 10.6 Å². The third-order valence-corrected chi connectivity index (χ3v) is 2.50. The Morgan fingerprint density at radius 1 is 1.57 bits per heavy atom. The zero-order chi connectivity index (χ0) is 10.1. The molecule has 0 bridgehead atoms. The summed E-state index contributed by atoms with van der Waals surface area (Å²) >= 11 is 0. The third kappa shape index (κ3) is 1.58. The van der Waals surface area contributed by atoms with Crippen LogP contribution in [0.2, 0.25) is 0 Å². The van der Waals surface area contributed by atoms with Gasteiger partial charge in [0.25, 0.3) is 0 Å². The number of rotatable bonds is 1. The minimum absolute atomic E-state index is 0.0245. The predicted octanol–water partition coefficient (Wildman–Crippen LogP) is 2.17. The summed E-state index contributed by atoms with van der Waals surface area (Å²) in [4.78, 5) is 10.9. The lowest BCUT2D eigenvalue weighted by atomic mass is 10.0. The van der Waals surface area contributed by atoms with Crippen molar-refractivity contribution in [3.8, 4) is 0 Å². The Morgan fingerprint density at radius 2 is 2.36 bits per heavy atom. The molecule has 2 rings (SSSR count). The van der Waals surface area contributed by atoms with Crippen LogP contribution in [0.15, 0.2) is 18.2 Å². The number of nitrogens with one attached hydrogen (secondary N) is 2. The topological polar surface area (TPSA) is 41.1 Å². The maximum absolute atomic E-state index is 10.9. The molecule has 1 aliphatic heterocycles. The van der Waals surface area contributed by atoms with Crippen LogP contribution in [0.4, 0.5) is 11.4 Å². The van der Waals surface area contributed by atoms with E-state index in [0.29, 0.717) is 5.92 Å². The standard InChI is InChI=1S/C11H14N2O/c1-7-6-12-11-4-3-9(5-10(7)11)13-8(2)14/h3-5,7,12H,6H2,1-2H3,(H,13,14). The van der Waals surface area contributed by atoms with Gasteiger partial charge < -0.3 is 10.6 Å². The minimum Gasteiger partial charge on any atom is -0.384 e. The summed E-state index contributed by atoms with van der Waals surface area (Å²) in [6, 6.07) is 5.98. The third-order valence-electron chi connectivity index (χ3n) is 2.50. The van der Waals surface area contributed by atoms with Gasteiger partial charge in [-0.15, -0.1) is 0 Å². The number of fused-ring (bicyclic) bond motifs is 1. The Kier molecular flexibility index (Phi) is 2.15. The molecule has 2 N–H and O–H groups in total. The van der Waals surface area contributed by atoms with Gasteiger partial charge in [0, 0.05) is 30.8 Å². The van der Waals surface area contributed by atoms with Crippen molar-refractivity contribution in [1.82, 2.24) is 0 Å². The van der Waals surface area contributed by atoms with E-state index in [9.17, 15) is 4.79 Å². The second-order valence-electron chi connectivity index (χ2n) is 3.77. The molecular weight excluding hydrogens is 176 g/mol. The van der Waals surface area contributed by atoms with Gasteiger partial charge in [0.15, 0.2) is 0 Å². The summed E-state index contributed by atoms with van der Waals surface area (Å²) in [7, 11) is 0. The van der Waals surface area contributed by atoms with E-state index < -0.39 is 0 Å². The van der Waals surface area contributed by atoms with E-state index in [4.69, 9.17) is 0 Å². The minimum atomic E-state index is -0.0245. The normalized spacial score (nSPS) is 18.6. The van der Waals surface area contributed by atoms with E-state index in [0.717, 1.165) is 12.2 Å². The fourth-order valence-corrected chi connectivity index (χ4v) is 1.79. The molecule has 1 amide bonds. The SMILES string of the molecule is CC(=O)Nc1ccc2c(c1)C(C)CN2. The number of hydrogen-bond donors (Lipinski definition) is 2. The van der Waals surface area contributed by atoms with Gasteiger partial charge in [0.05, 0.1) is 0 Å². The van der Waals surface area contributed by atoms with Crippen LogP contribution in [-0.4, -0.2) is 12.5 Å². The first-order valence-corrected chi connectivity index (χ1v) is 4.82. The monoisotopic (exact) mass is 190 g/mol. The fraction of sp³-hybridized carbons (Fsp3) is 0.364. The summed E-state index contributed by atoms with van der Waals surface area (Å²) in [5, 5.41) is 6.11. The van der Waals surface area contributed by atoms with Crippen LogP contribution in [0.1, 0.15) is 25.3 Å². The van der Waals surface area contributed by atoms with Crippen LogP contribution in [0.3, 0.4) is 0 Å². The van der Waals surface area contributed by atoms with Crippen molar-refractivity contribution in [3.05, 3.63) is 23.8 Å². The summed E-state index contributed by atoms with van der Waals surface area (Å²) < 4.78 is 0. The Hall–Kier alpha value is -1.51. The van der Waals surface area contributed by atoms with Gasteiger partial charge in [0.2, 0.25) is 5.91 Å². The molecule has 74 valence electrons. The molecule has 0 fully saturated rings. The summed E-state index contributed by atoms with van der Waals surface area (Å²) in [5.74, 6) is 0.502. The van der Waals surface area contributed by atoms with E-state index >= 15 is 0 Å². The van der Waals surface area contributed by atoms with E-state index in [2.05, 4.69) is 17.6 Å². The maximum Gasteiger partial charge on any atom is 0.221 e. The lowest BCUT2D eigenvalue weighted by molar-refractivity contribution is -0.114. The van der Waals surface area contributed by atoms with Gasteiger partial charge in [-0.05, 0) is 23.8 Å². The highest BCUT2D eigenvalue weighted by atomic mass is 16.1. The van der Waals surface area contributed by atoms with Gasteiger partial charge in [-0.3, -0.25) is 4.79 Å². The van der Waals surface area contributed by atoms with E-state index in [-0.39, 0.29) is 5.91 Å². The zero-order valence-corrected chi connectivity index (χ0v) is 8.42. The first-order chi connectivity index (χ1) is 6.66. The quantitative estimate of drug-likeness (QED) is 0.712. The molecule has 0 saturated carbocycles. The molecule has 3 heteroatoms. The molecule has 1 aromatic carbocycles. The molecule has 0 spiro atoms. The molecule has 1 heterocycles. The molecule has 1 aliphatic rings. The van der Waals surface area contributed by atoms with Gasteiger partial charge in [0.1, 0.15) is 0 Å². The highest BCUT2D eigenvalue weighted by Gasteiger charge is 2.17. The first kappa shape index (κ1) is 9.06. The number of amides is 1. The molecule has 0 radical (unpaired) electrons. The van der Waals surface area contributed by atoms with Crippen molar-refractivity contribution in [1.29, 1.82) is 0 Å². The Morgan fingerprint density at radius 3 is 3.07 bits per heavy atom. The maximum atomic E-state index is 10.9. The van der Waals surface area contributed by atoms with Crippen molar-refractivity contribution >= 4 is 17.3 Å². The molecule has 0 aromatic heterocycles.